The molecule has 0 amide bonds. The maximum absolute atomic E-state index is 8.36. The molecule has 0 aliphatic rings. The summed E-state index contributed by atoms with van der Waals surface area (Å²) in [5, 5.41) is 27.3. The van der Waals surface area contributed by atoms with Crippen molar-refractivity contribution >= 4 is 23.1 Å². The van der Waals surface area contributed by atoms with Gasteiger partial charge in [-0.15, -0.1) is 20.2 Å². The standard InChI is InChI=1S/Mg.2HNO3.2H/c;2*2-1(3)4;;/h;2*(H,2,3,4);;/p+6. The van der Waals surface area contributed by atoms with Crippen molar-refractivity contribution in [3.8, 4) is 0 Å². The number of rotatable bonds is 0. The van der Waals surface area contributed by atoms with Crippen molar-refractivity contribution in [3.63, 3.8) is 0 Å². The highest BCUT2D eigenvalue weighted by Gasteiger charge is 1.65. The third-order valence-electron chi connectivity index (χ3n) is 0. The van der Waals surface area contributed by atoms with Crippen LogP contribution in [0.25, 0.3) is 0 Å². The molecule has 0 heterocycles. The first-order valence-corrected chi connectivity index (χ1v) is 1.13. The van der Waals surface area contributed by atoms with Crippen molar-refractivity contribution in [3.05, 3.63) is 20.2 Å². The Morgan fingerprint density at radius 1 is 1.11 bits per heavy atom. The van der Waals surface area contributed by atoms with Gasteiger partial charge in [0.15, 0.2) is 0 Å². The summed E-state index contributed by atoms with van der Waals surface area (Å²) in [5.74, 6) is 0. The molecule has 0 spiro atoms. The van der Waals surface area contributed by atoms with Crippen molar-refractivity contribution in [1.82, 2.24) is 0 Å². The molecule has 0 unspecified atom stereocenters. The van der Waals surface area contributed by atoms with Crippen molar-refractivity contribution in [2.24, 2.45) is 0 Å². The molecule has 9 heavy (non-hydrogen) atoms. The highest BCUT2D eigenvalue weighted by molar-refractivity contribution is 5.75. The average molecular weight is 158 g/mol. The minimum absolute atomic E-state index is 0. The zero-order valence-corrected chi connectivity index (χ0v) is 3.42. The SMILES string of the molecule is O=[N+]([O-])O.O=[N+]([O-])O.[H+].[H+].[H+].[H+].[H+].[H+].[MgH2]. The molecule has 0 saturated heterocycles. The third-order valence-corrected chi connectivity index (χ3v) is 0. The van der Waals surface area contributed by atoms with Crippen LogP contribution in [0, 0.1) is 20.2 Å². The number of nitrogens with zero attached hydrogens (tertiary/aromatic N) is 2. The third kappa shape index (κ3) is 275. The zero-order valence-electron chi connectivity index (χ0n) is 9.42. The van der Waals surface area contributed by atoms with E-state index >= 15 is 0 Å². The summed E-state index contributed by atoms with van der Waals surface area (Å²) in [6.45, 7) is 0. The van der Waals surface area contributed by atoms with Crippen LogP contribution in [-0.4, -0.2) is 43.6 Å². The highest BCUT2D eigenvalue weighted by atomic mass is 24.3. The van der Waals surface area contributed by atoms with Gasteiger partial charge >= 0.3 is 31.6 Å². The summed E-state index contributed by atoms with van der Waals surface area (Å²) in [5.41, 5.74) is 0. The van der Waals surface area contributed by atoms with Crippen molar-refractivity contribution in [2.45, 2.75) is 0 Å². The first kappa shape index (κ1) is 15.7. The van der Waals surface area contributed by atoms with Crippen LogP contribution in [0.3, 0.4) is 0 Å². The van der Waals surface area contributed by atoms with Gasteiger partial charge in [-0.3, -0.25) is 0 Å². The fourth-order valence-electron chi connectivity index (χ4n) is 0. The summed E-state index contributed by atoms with van der Waals surface area (Å²) in [6, 6.07) is 0. The number of hydrogen-bond acceptors (Lipinski definition) is 4. The molecule has 0 radical (unpaired) electrons. The van der Waals surface area contributed by atoms with E-state index < -0.39 is 10.2 Å². The van der Waals surface area contributed by atoms with Gasteiger partial charge in [0.25, 0.3) is 10.2 Å². The lowest BCUT2D eigenvalue weighted by Crippen LogP contribution is -1.81. The van der Waals surface area contributed by atoms with E-state index in [-0.39, 0.29) is 31.6 Å². The molecule has 0 aliphatic heterocycles. The van der Waals surface area contributed by atoms with Crippen LogP contribution in [0.2, 0.25) is 0 Å². The van der Waals surface area contributed by atoms with Gasteiger partial charge in [0.2, 0.25) is 0 Å². The fraction of sp³-hybridized carbons (Fsp3) is 0. The second-order valence-electron chi connectivity index (χ2n) is 0.476. The molecule has 9 heteroatoms. The van der Waals surface area contributed by atoms with E-state index in [1.54, 1.807) is 0 Å². The molecule has 52 valence electrons. The van der Waals surface area contributed by atoms with E-state index in [1.807, 2.05) is 0 Å². The second-order valence-corrected chi connectivity index (χ2v) is 0.476. The van der Waals surface area contributed by atoms with Gasteiger partial charge in [0, 0.05) is 0 Å². The quantitative estimate of drug-likeness (QED) is 0.266. The topological polar surface area (TPSA) is 127 Å². The van der Waals surface area contributed by atoms with Crippen LogP contribution in [-0.2, 0) is 0 Å². The van der Waals surface area contributed by atoms with Crippen molar-refractivity contribution in [1.29, 1.82) is 0 Å². The van der Waals surface area contributed by atoms with Crippen LogP contribution >= 0.6 is 0 Å². The summed E-state index contributed by atoms with van der Waals surface area (Å²) < 4.78 is 0. The monoisotopic (exact) mass is 158 g/mol. The van der Waals surface area contributed by atoms with Gasteiger partial charge in [-0.05, 0) is 0 Å². The predicted molar refractivity (Wildman–Crippen MR) is 32.8 cm³/mol. The summed E-state index contributed by atoms with van der Waals surface area (Å²) in [6.07, 6.45) is 0. The maximum Gasteiger partial charge on any atom is 1.00 e. The minimum atomic E-state index is -1.50. The Morgan fingerprint density at radius 2 is 1.11 bits per heavy atom. The van der Waals surface area contributed by atoms with Crippen molar-refractivity contribution < 1.29 is 29.1 Å². The van der Waals surface area contributed by atoms with Crippen LogP contribution in [0.1, 0.15) is 8.56 Å². The lowest BCUT2D eigenvalue weighted by Gasteiger charge is -1.56. The normalized spacial score (nSPS) is 5.33. The molecule has 0 aliphatic carbocycles. The molecule has 0 aromatic heterocycles. The molecule has 0 atom stereocenters. The van der Waals surface area contributed by atoms with E-state index in [0.29, 0.717) is 0 Å². The van der Waals surface area contributed by atoms with Gasteiger partial charge in [-0.1, -0.05) is 0 Å². The summed E-state index contributed by atoms with van der Waals surface area (Å²) in [7, 11) is 0. The van der Waals surface area contributed by atoms with Gasteiger partial charge < -0.3 is 10.4 Å². The Morgan fingerprint density at radius 3 is 1.11 bits per heavy atom. The van der Waals surface area contributed by atoms with Crippen molar-refractivity contribution in [2.75, 3.05) is 0 Å². The molecular weight excluding hydrogens is 148 g/mol. The van der Waals surface area contributed by atoms with Crippen LogP contribution in [0.4, 0.5) is 0 Å². The Kier molecular flexibility index (Phi) is 17.8. The summed E-state index contributed by atoms with van der Waals surface area (Å²) in [4.78, 5) is 16.7. The smallest absolute Gasteiger partial charge is 0.328 e. The van der Waals surface area contributed by atoms with Gasteiger partial charge in [0.1, 0.15) is 0 Å². The lowest BCUT2D eigenvalue weighted by molar-refractivity contribution is -0.742. The molecule has 2 N–H and O–H groups in total. The zero-order chi connectivity index (χ0) is 7.15. The van der Waals surface area contributed by atoms with E-state index in [0.717, 1.165) is 0 Å². The molecular formula is H10MgN2O6+6. The average Bonchev–Trinajstić information content (AvgIpc) is 1.25. The molecule has 8 nitrogen and oxygen atoms in total. The van der Waals surface area contributed by atoms with E-state index in [4.69, 9.17) is 30.6 Å². The Labute approximate surface area is 73.4 Å². The minimum Gasteiger partial charge on any atom is -0.328 e. The molecule has 0 aromatic rings. The number of hydrogen-bond donors (Lipinski definition) is 2. The predicted octanol–water partition coefficient (Wildman–Crippen LogP) is -0.937. The molecule has 0 fully saturated rings. The van der Waals surface area contributed by atoms with Gasteiger partial charge in [0.05, 0.1) is 0 Å². The maximum atomic E-state index is 8.36. The first-order chi connectivity index (χ1) is 3.46. The fourth-order valence-corrected chi connectivity index (χ4v) is 0. The largest absolute Gasteiger partial charge is 1.00 e. The van der Waals surface area contributed by atoms with Gasteiger partial charge in [-0.25, -0.2) is 0 Å². The Balaban J connectivity index is -0.00000000468. The second kappa shape index (κ2) is 10.2. The highest BCUT2D eigenvalue weighted by Crippen LogP contribution is 1.38. The molecule has 0 rings (SSSR count). The lowest BCUT2D eigenvalue weighted by atomic mass is 13.1. The van der Waals surface area contributed by atoms with E-state index in [1.165, 1.54) is 0 Å². The molecule has 0 bridgehead atoms. The first-order valence-electron chi connectivity index (χ1n) is 1.13. The van der Waals surface area contributed by atoms with Gasteiger partial charge in [-0.2, -0.15) is 0 Å². The van der Waals surface area contributed by atoms with E-state index in [9.17, 15) is 0 Å². The molecule has 0 saturated carbocycles. The van der Waals surface area contributed by atoms with Crippen LogP contribution < -0.4 is 0 Å². The van der Waals surface area contributed by atoms with Crippen LogP contribution in [0.5, 0.6) is 0 Å². The molecule has 0 aromatic carbocycles. The Bertz CT molecular complexity index is 83.6. The summed E-state index contributed by atoms with van der Waals surface area (Å²) >= 11 is 0. The van der Waals surface area contributed by atoms with E-state index in [2.05, 4.69) is 0 Å². The van der Waals surface area contributed by atoms with Crippen LogP contribution in [0.15, 0.2) is 0 Å². The Hall–Kier alpha value is -0.834.